The van der Waals surface area contributed by atoms with E-state index in [1.165, 1.54) is 0 Å². The van der Waals surface area contributed by atoms with E-state index in [9.17, 15) is 4.39 Å². The lowest BCUT2D eigenvalue weighted by Gasteiger charge is -2.32. The van der Waals surface area contributed by atoms with Crippen molar-refractivity contribution < 1.29 is 9.13 Å². The van der Waals surface area contributed by atoms with Crippen LogP contribution in [0.15, 0.2) is 18.2 Å². The summed E-state index contributed by atoms with van der Waals surface area (Å²) >= 11 is 0. The number of aryl methyl sites for hydroxylation is 1. The number of ether oxygens (including phenoxy) is 1. The van der Waals surface area contributed by atoms with Crippen LogP contribution in [0, 0.1) is 12.7 Å². The van der Waals surface area contributed by atoms with Gasteiger partial charge in [0.25, 0.3) is 0 Å². The predicted molar refractivity (Wildman–Crippen MR) is 72.0 cm³/mol. The lowest BCUT2D eigenvalue weighted by atomic mass is 10.0. The molecular weight excluding hydrogens is 231 g/mol. The number of nitrogens with two attached hydrogens (primary N) is 1. The van der Waals surface area contributed by atoms with E-state index in [1.807, 2.05) is 13.1 Å². The van der Waals surface area contributed by atoms with Crippen LogP contribution in [0.4, 0.5) is 4.39 Å². The normalized spacial score (nSPS) is 14.8. The predicted octanol–water partition coefficient (Wildman–Crippen LogP) is 2.10. The van der Waals surface area contributed by atoms with Crippen LogP contribution < -0.4 is 5.73 Å². The van der Waals surface area contributed by atoms with Gasteiger partial charge in [-0.25, -0.2) is 4.39 Å². The van der Waals surface area contributed by atoms with Gasteiger partial charge >= 0.3 is 0 Å². The molecule has 102 valence electrons. The van der Waals surface area contributed by atoms with Gasteiger partial charge in [-0.3, -0.25) is 4.90 Å². The maximum Gasteiger partial charge on any atom is 0.126 e. The Morgan fingerprint density at radius 1 is 1.44 bits per heavy atom. The highest BCUT2D eigenvalue weighted by Gasteiger charge is 2.20. The molecule has 0 heterocycles. The topological polar surface area (TPSA) is 38.5 Å². The molecule has 0 aromatic heterocycles. The van der Waals surface area contributed by atoms with Gasteiger partial charge in [0.05, 0.1) is 6.61 Å². The molecular formula is C14H23FN2O. The summed E-state index contributed by atoms with van der Waals surface area (Å²) in [7, 11) is 3.66. The molecule has 1 aromatic rings. The molecule has 2 unspecified atom stereocenters. The van der Waals surface area contributed by atoms with Gasteiger partial charge < -0.3 is 10.5 Å². The Bertz CT molecular complexity index is 384. The minimum absolute atomic E-state index is 0.00486. The minimum Gasteiger partial charge on any atom is -0.383 e. The van der Waals surface area contributed by atoms with Crippen LogP contribution in [-0.2, 0) is 4.74 Å². The first-order valence-electron chi connectivity index (χ1n) is 6.18. The molecule has 0 fully saturated rings. The smallest absolute Gasteiger partial charge is 0.126 e. The summed E-state index contributed by atoms with van der Waals surface area (Å²) in [5.41, 5.74) is 7.39. The molecule has 4 heteroatoms. The first-order valence-corrected chi connectivity index (χ1v) is 6.18. The van der Waals surface area contributed by atoms with E-state index in [4.69, 9.17) is 10.5 Å². The molecule has 0 spiro atoms. The zero-order valence-corrected chi connectivity index (χ0v) is 11.6. The molecule has 2 atom stereocenters. The first-order chi connectivity index (χ1) is 8.51. The van der Waals surface area contributed by atoms with Crippen molar-refractivity contribution in [3.63, 3.8) is 0 Å². The zero-order chi connectivity index (χ0) is 13.7. The average Bonchev–Trinajstić information content (AvgIpc) is 2.34. The van der Waals surface area contributed by atoms with Crippen molar-refractivity contribution in [2.45, 2.75) is 25.9 Å². The van der Waals surface area contributed by atoms with E-state index in [-0.39, 0.29) is 17.9 Å². The minimum atomic E-state index is -0.182. The Morgan fingerprint density at radius 3 is 2.61 bits per heavy atom. The van der Waals surface area contributed by atoms with E-state index < -0.39 is 0 Å². The molecule has 0 aliphatic carbocycles. The quantitative estimate of drug-likeness (QED) is 0.845. The SMILES string of the molecule is COCC(C)N(C)C(CN)c1ccc(C)c(F)c1. The van der Waals surface area contributed by atoms with E-state index >= 15 is 0 Å². The number of benzene rings is 1. The summed E-state index contributed by atoms with van der Waals surface area (Å²) in [6.07, 6.45) is 0. The van der Waals surface area contributed by atoms with Crippen molar-refractivity contribution in [3.8, 4) is 0 Å². The van der Waals surface area contributed by atoms with Crippen LogP contribution in [0.25, 0.3) is 0 Å². The third kappa shape index (κ3) is 3.51. The average molecular weight is 254 g/mol. The molecule has 0 bridgehead atoms. The summed E-state index contributed by atoms with van der Waals surface area (Å²) in [4.78, 5) is 2.12. The fourth-order valence-electron chi connectivity index (χ4n) is 2.02. The second-order valence-electron chi connectivity index (χ2n) is 4.73. The fourth-order valence-corrected chi connectivity index (χ4v) is 2.02. The van der Waals surface area contributed by atoms with Gasteiger partial charge in [0.2, 0.25) is 0 Å². The number of hydrogen-bond donors (Lipinski definition) is 1. The van der Waals surface area contributed by atoms with E-state index in [0.29, 0.717) is 18.7 Å². The molecule has 18 heavy (non-hydrogen) atoms. The van der Waals surface area contributed by atoms with E-state index in [2.05, 4.69) is 11.8 Å². The highest BCUT2D eigenvalue weighted by molar-refractivity contribution is 5.26. The lowest BCUT2D eigenvalue weighted by Crippen LogP contribution is -2.39. The Morgan fingerprint density at radius 2 is 2.11 bits per heavy atom. The monoisotopic (exact) mass is 254 g/mol. The van der Waals surface area contributed by atoms with Crippen molar-refractivity contribution in [2.24, 2.45) is 5.73 Å². The van der Waals surface area contributed by atoms with Gasteiger partial charge in [-0.05, 0) is 38.1 Å². The van der Waals surface area contributed by atoms with Crippen molar-refractivity contribution in [1.29, 1.82) is 0 Å². The molecule has 1 aromatic carbocycles. The van der Waals surface area contributed by atoms with Gasteiger partial charge in [0, 0.05) is 25.7 Å². The summed E-state index contributed by atoms with van der Waals surface area (Å²) in [5, 5.41) is 0. The molecule has 0 saturated carbocycles. The van der Waals surface area contributed by atoms with Crippen LogP contribution in [0.1, 0.15) is 24.1 Å². The second-order valence-corrected chi connectivity index (χ2v) is 4.73. The lowest BCUT2D eigenvalue weighted by molar-refractivity contribution is 0.0909. The third-order valence-corrected chi connectivity index (χ3v) is 3.40. The summed E-state index contributed by atoms with van der Waals surface area (Å²) < 4.78 is 18.7. The number of methoxy groups -OCH3 is 1. The maximum absolute atomic E-state index is 13.6. The van der Waals surface area contributed by atoms with Crippen molar-refractivity contribution >= 4 is 0 Å². The maximum atomic E-state index is 13.6. The number of rotatable bonds is 6. The zero-order valence-electron chi connectivity index (χ0n) is 11.6. The molecule has 0 radical (unpaired) electrons. The summed E-state index contributed by atoms with van der Waals surface area (Å²) in [5.74, 6) is -0.182. The number of hydrogen-bond acceptors (Lipinski definition) is 3. The number of likely N-dealkylation sites (N-methyl/N-ethyl adjacent to an activating group) is 1. The molecule has 1 rings (SSSR count). The van der Waals surface area contributed by atoms with Crippen LogP contribution >= 0.6 is 0 Å². The Kier molecular flexibility index (Phi) is 5.72. The van der Waals surface area contributed by atoms with Gasteiger partial charge in [0.15, 0.2) is 0 Å². The van der Waals surface area contributed by atoms with E-state index in [0.717, 1.165) is 5.56 Å². The molecule has 0 amide bonds. The van der Waals surface area contributed by atoms with Gasteiger partial charge in [-0.2, -0.15) is 0 Å². The molecule has 3 nitrogen and oxygen atoms in total. The first kappa shape index (κ1) is 15.1. The largest absolute Gasteiger partial charge is 0.383 e. The van der Waals surface area contributed by atoms with Gasteiger partial charge in [-0.1, -0.05) is 12.1 Å². The highest BCUT2D eigenvalue weighted by atomic mass is 19.1. The number of nitrogens with zero attached hydrogens (tertiary/aromatic N) is 1. The molecule has 2 N–H and O–H groups in total. The molecule has 0 aliphatic rings. The van der Waals surface area contributed by atoms with Crippen LogP contribution in [0.3, 0.4) is 0 Å². The van der Waals surface area contributed by atoms with Crippen LogP contribution in [-0.4, -0.2) is 38.3 Å². The second kappa shape index (κ2) is 6.83. The third-order valence-electron chi connectivity index (χ3n) is 3.40. The fraction of sp³-hybridized carbons (Fsp3) is 0.571. The van der Waals surface area contributed by atoms with Gasteiger partial charge in [-0.15, -0.1) is 0 Å². The Hall–Kier alpha value is -0.970. The van der Waals surface area contributed by atoms with Crippen LogP contribution in [0.2, 0.25) is 0 Å². The van der Waals surface area contributed by atoms with Crippen molar-refractivity contribution in [2.75, 3.05) is 27.3 Å². The Balaban J connectivity index is 2.91. The Labute approximate surface area is 109 Å². The van der Waals surface area contributed by atoms with E-state index in [1.54, 1.807) is 26.2 Å². The number of halogens is 1. The van der Waals surface area contributed by atoms with Crippen molar-refractivity contribution in [1.82, 2.24) is 4.90 Å². The molecule has 0 saturated heterocycles. The highest BCUT2D eigenvalue weighted by Crippen LogP contribution is 2.22. The van der Waals surface area contributed by atoms with Crippen LogP contribution in [0.5, 0.6) is 0 Å². The summed E-state index contributed by atoms with van der Waals surface area (Å²) in [6.45, 7) is 4.90. The standard InChI is InChI=1S/C14H23FN2O/c1-10-5-6-12(7-13(10)15)14(8-16)17(3)11(2)9-18-4/h5-7,11,14H,8-9,16H2,1-4H3. The molecule has 0 aliphatic heterocycles. The van der Waals surface area contributed by atoms with Gasteiger partial charge in [0.1, 0.15) is 5.82 Å². The van der Waals surface area contributed by atoms with Crippen molar-refractivity contribution in [3.05, 3.63) is 35.1 Å². The summed E-state index contributed by atoms with van der Waals surface area (Å²) in [6, 6.07) is 5.54.